The van der Waals surface area contributed by atoms with E-state index in [1.807, 2.05) is 97.1 Å². The zero-order valence-corrected chi connectivity index (χ0v) is 27.4. The second-order valence-electron chi connectivity index (χ2n) is 12.9. The Labute approximate surface area is 291 Å². The molecule has 246 valence electrons. The summed E-state index contributed by atoms with van der Waals surface area (Å²) in [5.74, 6) is -1.17. The van der Waals surface area contributed by atoms with Crippen molar-refractivity contribution in [1.82, 2.24) is 4.90 Å². The largest absolute Gasteiger partial charge is 0.480 e. The zero-order chi connectivity index (χ0) is 34.1. The molecule has 1 amide bonds. The Bertz CT molecular complexity index is 2030. The summed E-state index contributed by atoms with van der Waals surface area (Å²) in [6.45, 7) is 0.241. The number of rotatable bonds is 8. The van der Waals surface area contributed by atoms with Gasteiger partial charge in [-0.3, -0.25) is 4.90 Å². The smallest absolute Gasteiger partial charge is 0.410 e. The molecule has 0 saturated heterocycles. The van der Waals surface area contributed by atoms with Crippen LogP contribution in [0.4, 0.5) is 10.5 Å². The molecule has 8 rings (SSSR count). The first kappa shape index (κ1) is 31.1. The molecule has 0 aromatic heterocycles. The summed E-state index contributed by atoms with van der Waals surface area (Å²) in [5, 5.41) is 14.1. The molecule has 1 atom stereocenters. The molecular weight excluding hydrogens is 620 g/mol. The van der Waals surface area contributed by atoms with Gasteiger partial charge in [-0.25, -0.2) is 9.59 Å². The van der Waals surface area contributed by atoms with Crippen molar-refractivity contribution in [2.75, 3.05) is 11.9 Å². The van der Waals surface area contributed by atoms with E-state index in [9.17, 15) is 14.7 Å². The van der Waals surface area contributed by atoms with Crippen LogP contribution in [0.2, 0.25) is 0 Å². The lowest BCUT2D eigenvalue weighted by molar-refractivity contribution is -0.143. The summed E-state index contributed by atoms with van der Waals surface area (Å²) in [6.07, 6.45) is -0.438. The zero-order valence-electron chi connectivity index (χ0n) is 27.4. The second-order valence-corrected chi connectivity index (χ2v) is 12.9. The van der Waals surface area contributed by atoms with E-state index in [1.165, 1.54) is 4.90 Å². The van der Waals surface area contributed by atoms with E-state index >= 15 is 0 Å². The average Bonchev–Trinajstić information content (AvgIpc) is 3.49. The number of fused-ring (bicyclic) bond motifs is 4. The molecule has 0 unspecified atom stereocenters. The van der Waals surface area contributed by atoms with Gasteiger partial charge in [0.25, 0.3) is 0 Å². The Morgan fingerprint density at radius 1 is 0.660 bits per heavy atom. The number of hydrogen-bond donors (Lipinski definition) is 2. The molecule has 0 spiro atoms. The molecule has 6 aromatic rings. The van der Waals surface area contributed by atoms with Crippen LogP contribution in [0.3, 0.4) is 0 Å². The van der Waals surface area contributed by atoms with Gasteiger partial charge in [0.1, 0.15) is 18.2 Å². The quantitative estimate of drug-likeness (QED) is 0.160. The van der Waals surface area contributed by atoms with E-state index in [0.29, 0.717) is 0 Å². The Morgan fingerprint density at radius 2 is 1.16 bits per heavy atom. The van der Waals surface area contributed by atoms with Crippen LogP contribution < -0.4 is 5.32 Å². The predicted molar refractivity (Wildman–Crippen MR) is 195 cm³/mol. The van der Waals surface area contributed by atoms with Crippen LogP contribution in [-0.2, 0) is 28.0 Å². The summed E-state index contributed by atoms with van der Waals surface area (Å²) < 4.78 is 5.97. The third-order valence-corrected chi connectivity index (χ3v) is 10.1. The number of nitrogens with one attached hydrogen (secondary N) is 1. The van der Waals surface area contributed by atoms with Crippen molar-refractivity contribution in [3.63, 3.8) is 0 Å². The van der Waals surface area contributed by atoms with Crippen molar-refractivity contribution >= 4 is 17.7 Å². The van der Waals surface area contributed by atoms with Crippen LogP contribution in [0.25, 0.3) is 11.1 Å². The molecule has 0 radical (unpaired) electrons. The number of aliphatic carboxylic acids is 1. The lowest BCUT2D eigenvalue weighted by Gasteiger charge is -2.39. The molecule has 0 bridgehead atoms. The maximum atomic E-state index is 13.8. The van der Waals surface area contributed by atoms with Crippen LogP contribution in [-0.4, -0.2) is 34.7 Å². The van der Waals surface area contributed by atoms with Gasteiger partial charge in [-0.15, -0.1) is 0 Å². The van der Waals surface area contributed by atoms with Gasteiger partial charge in [0.05, 0.1) is 6.54 Å². The fourth-order valence-electron chi connectivity index (χ4n) is 7.75. The summed E-state index contributed by atoms with van der Waals surface area (Å²) >= 11 is 0. The SMILES string of the molecule is O=C(O)[C@@H]1Cc2ccc(NC(c3ccccc3)(c3ccccc3)c3ccccc3)cc2CN1C(=O)OCC1c2ccccc2-c2ccccc21. The Kier molecular flexibility index (Phi) is 8.13. The summed E-state index contributed by atoms with van der Waals surface area (Å²) in [7, 11) is 0. The van der Waals surface area contributed by atoms with Gasteiger partial charge in [0.2, 0.25) is 0 Å². The number of carbonyl (C=O) groups excluding carboxylic acids is 1. The molecule has 6 heteroatoms. The fourth-order valence-corrected chi connectivity index (χ4v) is 7.75. The number of benzene rings is 6. The number of anilines is 1. The van der Waals surface area contributed by atoms with Gasteiger partial charge in [-0.2, -0.15) is 0 Å². The van der Waals surface area contributed by atoms with E-state index in [0.717, 1.165) is 55.8 Å². The topological polar surface area (TPSA) is 78.9 Å². The normalized spacial score (nSPS) is 15.0. The number of carbonyl (C=O) groups is 2. The lowest BCUT2D eigenvalue weighted by atomic mass is 9.76. The Balaban J connectivity index is 1.11. The number of carboxylic acid groups (broad SMARTS) is 1. The molecule has 0 fully saturated rings. The number of ether oxygens (including phenoxy) is 1. The minimum Gasteiger partial charge on any atom is -0.480 e. The molecule has 50 heavy (non-hydrogen) atoms. The van der Waals surface area contributed by atoms with Gasteiger partial charge in [-0.05, 0) is 62.2 Å². The maximum absolute atomic E-state index is 13.8. The number of nitrogens with zero attached hydrogens (tertiary/aromatic N) is 1. The summed E-state index contributed by atoms with van der Waals surface area (Å²) in [5.41, 5.74) is 9.59. The molecule has 1 heterocycles. The standard InChI is InChI=1S/C44H36N2O4/c47-42(48)41-27-30-24-25-35(45-44(32-14-4-1-5-15-32,33-16-6-2-7-17-33)34-18-8-3-9-19-34)26-31(30)28-46(41)43(49)50-29-40-38-22-12-10-20-36(38)37-21-11-13-23-39(37)40/h1-26,40-41,45H,27-29H2,(H,47,48)/t41-/m0/s1. The number of hydrogen-bond acceptors (Lipinski definition) is 4. The highest BCUT2D eigenvalue weighted by Crippen LogP contribution is 2.45. The second kappa shape index (κ2) is 13.1. The van der Waals surface area contributed by atoms with Crippen LogP contribution in [0, 0.1) is 0 Å². The highest BCUT2D eigenvalue weighted by Gasteiger charge is 2.39. The van der Waals surface area contributed by atoms with Gasteiger partial charge in [0.15, 0.2) is 0 Å². The highest BCUT2D eigenvalue weighted by molar-refractivity contribution is 5.82. The minimum atomic E-state index is -1.05. The van der Waals surface area contributed by atoms with Crippen molar-refractivity contribution in [2.45, 2.75) is 30.5 Å². The monoisotopic (exact) mass is 656 g/mol. The minimum absolute atomic E-state index is 0.119. The molecular formula is C44H36N2O4. The van der Waals surface area contributed by atoms with Crippen molar-refractivity contribution in [1.29, 1.82) is 0 Å². The fraction of sp³-hybridized carbons (Fsp3) is 0.136. The van der Waals surface area contributed by atoms with E-state index in [4.69, 9.17) is 4.74 Å². The first-order valence-electron chi connectivity index (χ1n) is 16.9. The molecule has 0 saturated carbocycles. The van der Waals surface area contributed by atoms with E-state index < -0.39 is 23.6 Å². The van der Waals surface area contributed by atoms with Crippen molar-refractivity contribution in [3.8, 4) is 11.1 Å². The number of carboxylic acids is 1. The van der Waals surface area contributed by atoms with Crippen LogP contribution in [0.5, 0.6) is 0 Å². The summed E-state index contributed by atoms with van der Waals surface area (Å²) in [6, 6.07) is 52.4. The lowest BCUT2D eigenvalue weighted by Crippen LogP contribution is -2.49. The first-order chi connectivity index (χ1) is 24.5. The molecule has 1 aliphatic carbocycles. The van der Waals surface area contributed by atoms with E-state index in [2.05, 4.69) is 66.0 Å². The van der Waals surface area contributed by atoms with Crippen LogP contribution in [0.15, 0.2) is 158 Å². The van der Waals surface area contributed by atoms with Gasteiger partial charge >= 0.3 is 12.1 Å². The van der Waals surface area contributed by atoms with Crippen molar-refractivity contribution in [3.05, 3.63) is 197 Å². The molecule has 2 aliphatic rings. The molecule has 1 aliphatic heterocycles. The van der Waals surface area contributed by atoms with Crippen molar-refractivity contribution < 1.29 is 19.4 Å². The Hall–Kier alpha value is -6.14. The Morgan fingerprint density at radius 3 is 1.68 bits per heavy atom. The van der Waals surface area contributed by atoms with Gasteiger partial charge in [0, 0.05) is 18.0 Å². The molecule has 6 aromatic carbocycles. The van der Waals surface area contributed by atoms with Crippen LogP contribution in [0.1, 0.15) is 44.9 Å². The third-order valence-electron chi connectivity index (χ3n) is 10.1. The molecule has 2 N–H and O–H groups in total. The third kappa shape index (κ3) is 5.49. The maximum Gasteiger partial charge on any atom is 0.410 e. The van der Waals surface area contributed by atoms with Crippen molar-refractivity contribution in [2.24, 2.45) is 0 Å². The van der Waals surface area contributed by atoms with E-state index in [-0.39, 0.29) is 25.5 Å². The predicted octanol–water partition coefficient (Wildman–Crippen LogP) is 8.85. The molecule has 6 nitrogen and oxygen atoms in total. The van der Waals surface area contributed by atoms with E-state index in [1.54, 1.807) is 0 Å². The van der Waals surface area contributed by atoms with Gasteiger partial charge < -0.3 is 15.2 Å². The van der Waals surface area contributed by atoms with Gasteiger partial charge in [-0.1, -0.05) is 146 Å². The summed E-state index contributed by atoms with van der Waals surface area (Å²) in [4.78, 5) is 27.7. The first-order valence-corrected chi connectivity index (χ1v) is 16.9. The average molecular weight is 657 g/mol. The highest BCUT2D eigenvalue weighted by atomic mass is 16.6. The number of amides is 1. The van der Waals surface area contributed by atoms with Crippen LogP contribution >= 0.6 is 0 Å².